The molecule has 0 spiro atoms. The predicted octanol–water partition coefficient (Wildman–Crippen LogP) is 3.43. The second-order valence-electron chi connectivity index (χ2n) is 8.29. The summed E-state index contributed by atoms with van der Waals surface area (Å²) in [5, 5.41) is 0.793. The number of Topliss-reactive ketones (excluding diaryl/α,β-unsaturated/α-hetero) is 1. The van der Waals surface area contributed by atoms with Gasteiger partial charge in [0.15, 0.2) is 5.78 Å². The van der Waals surface area contributed by atoms with Gasteiger partial charge >= 0.3 is 0 Å². The van der Waals surface area contributed by atoms with Gasteiger partial charge in [0.1, 0.15) is 11.9 Å². The molecule has 31 heavy (non-hydrogen) atoms. The summed E-state index contributed by atoms with van der Waals surface area (Å²) in [5.41, 5.74) is 1.37. The lowest BCUT2D eigenvalue weighted by Crippen LogP contribution is -2.36. The van der Waals surface area contributed by atoms with Gasteiger partial charge in [0, 0.05) is 49.4 Å². The van der Waals surface area contributed by atoms with E-state index < -0.39 is 0 Å². The molecule has 8 nitrogen and oxygen atoms in total. The lowest BCUT2D eigenvalue weighted by molar-refractivity contribution is 0.101. The Morgan fingerprint density at radius 1 is 1.16 bits per heavy atom. The summed E-state index contributed by atoms with van der Waals surface area (Å²) >= 11 is 0. The van der Waals surface area contributed by atoms with Crippen LogP contribution >= 0.6 is 0 Å². The van der Waals surface area contributed by atoms with E-state index in [-0.39, 0.29) is 11.9 Å². The molecule has 0 amide bonds. The van der Waals surface area contributed by atoms with Gasteiger partial charge in [-0.05, 0) is 38.7 Å². The molecule has 0 aromatic carbocycles. The van der Waals surface area contributed by atoms with Crippen LogP contribution < -0.4 is 9.64 Å². The number of carbonyl (C=O) groups is 1. The second-order valence-corrected chi connectivity index (χ2v) is 8.29. The summed E-state index contributed by atoms with van der Waals surface area (Å²) in [6.45, 7) is 4.50. The van der Waals surface area contributed by atoms with Crippen molar-refractivity contribution < 1.29 is 14.3 Å². The van der Waals surface area contributed by atoms with Gasteiger partial charge in [0.05, 0.1) is 30.4 Å². The van der Waals surface area contributed by atoms with E-state index in [4.69, 9.17) is 14.5 Å². The second kappa shape index (κ2) is 8.63. The monoisotopic (exact) mass is 421 g/mol. The minimum Gasteiger partial charge on any atom is -0.474 e. The fourth-order valence-corrected chi connectivity index (χ4v) is 4.42. The first-order valence-corrected chi connectivity index (χ1v) is 11.0. The van der Waals surface area contributed by atoms with Gasteiger partial charge in [0.2, 0.25) is 5.88 Å². The molecule has 1 saturated heterocycles. The molecule has 4 heterocycles. The molecule has 0 unspecified atom stereocenters. The summed E-state index contributed by atoms with van der Waals surface area (Å²) in [7, 11) is 0. The quantitative estimate of drug-likeness (QED) is 0.584. The number of carbonyl (C=O) groups excluding carboxylic acids is 1. The van der Waals surface area contributed by atoms with Crippen LogP contribution in [0.25, 0.3) is 10.9 Å². The fourth-order valence-electron chi connectivity index (χ4n) is 4.42. The molecule has 2 fully saturated rings. The van der Waals surface area contributed by atoms with Gasteiger partial charge in [-0.2, -0.15) is 4.98 Å². The number of nitrogens with zero attached hydrogens (tertiary/aromatic N) is 5. The first-order chi connectivity index (χ1) is 15.2. The van der Waals surface area contributed by atoms with Crippen LogP contribution in [0.4, 0.5) is 5.82 Å². The van der Waals surface area contributed by atoms with Crippen LogP contribution in [0.1, 0.15) is 49.0 Å². The van der Waals surface area contributed by atoms with Crippen LogP contribution in [0, 0.1) is 0 Å². The predicted molar refractivity (Wildman–Crippen MR) is 117 cm³/mol. The maximum Gasteiger partial charge on any atom is 0.225 e. The zero-order valence-electron chi connectivity index (χ0n) is 17.7. The summed E-state index contributed by atoms with van der Waals surface area (Å²) in [5.74, 6) is 1.40. The third-order valence-corrected chi connectivity index (χ3v) is 6.24. The maximum absolute atomic E-state index is 11.9. The fraction of sp³-hybridized carbons (Fsp3) is 0.478. The number of pyridine rings is 2. The number of hydrogen-bond donors (Lipinski definition) is 0. The minimum atomic E-state index is -0.0153. The van der Waals surface area contributed by atoms with Crippen molar-refractivity contribution in [3.63, 3.8) is 0 Å². The molecule has 8 heteroatoms. The number of anilines is 1. The summed E-state index contributed by atoms with van der Waals surface area (Å²) in [6, 6.07) is 4.30. The average molecular weight is 422 g/mol. The van der Waals surface area contributed by atoms with Crippen molar-refractivity contribution in [2.75, 3.05) is 31.2 Å². The van der Waals surface area contributed by atoms with E-state index in [2.05, 4.69) is 19.4 Å². The van der Waals surface area contributed by atoms with Gasteiger partial charge in [-0.3, -0.25) is 9.78 Å². The van der Waals surface area contributed by atoms with Crippen molar-refractivity contribution in [1.29, 1.82) is 0 Å². The third kappa shape index (κ3) is 4.25. The number of imidazole rings is 1. The number of ether oxygens (including phenoxy) is 2. The molecule has 0 radical (unpaired) electrons. The van der Waals surface area contributed by atoms with Crippen molar-refractivity contribution in [1.82, 2.24) is 19.5 Å². The highest BCUT2D eigenvalue weighted by molar-refractivity contribution is 5.98. The Balaban J connectivity index is 1.42. The summed E-state index contributed by atoms with van der Waals surface area (Å²) < 4.78 is 14.1. The Bertz CT molecular complexity index is 1050. The Labute approximate surface area is 181 Å². The molecule has 1 aliphatic heterocycles. The van der Waals surface area contributed by atoms with E-state index in [0.717, 1.165) is 55.5 Å². The molecular weight excluding hydrogens is 394 g/mol. The van der Waals surface area contributed by atoms with Crippen LogP contribution in [0.15, 0.2) is 37.1 Å². The van der Waals surface area contributed by atoms with E-state index in [9.17, 15) is 4.79 Å². The number of rotatable bonds is 5. The Hall–Kier alpha value is -3.00. The highest BCUT2D eigenvalue weighted by Gasteiger charge is 2.25. The molecular formula is C23H27N5O3. The summed E-state index contributed by atoms with van der Waals surface area (Å²) in [6.07, 6.45) is 11.5. The van der Waals surface area contributed by atoms with E-state index in [1.165, 1.54) is 0 Å². The van der Waals surface area contributed by atoms with Crippen molar-refractivity contribution in [3.8, 4) is 5.88 Å². The van der Waals surface area contributed by atoms with E-state index in [1.54, 1.807) is 13.1 Å². The van der Waals surface area contributed by atoms with Gasteiger partial charge in [-0.1, -0.05) is 0 Å². The first-order valence-electron chi connectivity index (χ1n) is 11.0. The van der Waals surface area contributed by atoms with Gasteiger partial charge < -0.3 is 18.9 Å². The zero-order chi connectivity index (χ0) is 21.2. The molecule has 162 valence electrons. The topological polar surface area (TPSA) is 82.4 Å². The van der Waals surface area contributed by atoms with Crippen LogP contribution in [-0.4, -0.2) is 57.7 Å². The Kier molecular flexibility index (Phi) is 5.55. The molecule has 3 aromatic heterocycles. The van der Waals surface area contributed by atoms with Crippen LogP contribution in [0.5, 0.6) is 5.88 Å². The van der Waals surface area contributed by atoms with Crippen molar-refractivity contribution in [2.45, 2.75) is 44.8 Å². The molecule has 1 saturated carbocycles. The highest BCUT2D eigenvalue weighted by Crippen LogP contribution is 2.34. The van der Waals surface area contributed by atoms with E-state index >= 15 is 0 Å². The number of fused-ring (bicyclic) bond motifs is 1. The largest absolute Gasteiger partial charge is 0.474 e. The Morgan fingerprint density at radius 2 is 1.97 bits per heavy atom. The molecule has 1 aliphatic carbocycles. The van der Waals surface area contributed by atoms with Gasteiger partial charge in [-0.25, -0.2) is 4.98 Å². The maximum atomic E-state index is 11.9. The molecule has 0 atom stereocenters. The molecule has 2 aliphatic rings. The van der Waals surface area contributed by atoms with Crippen LogP contribution in [-0.2, 0) is 4.74 Å². The standard InChI is InChI=1S/C23H27N5O3/c1-16(29)17-12-20-21(25-14-17)13-22(27-8-10-30-11-9-27)26-23(20)31-19-4-2-18(3-5-19)28-7-6-24-15-28/h6-7,12-15,18-19H,2-5,8-11H2,1H3. The Morgan fingerprint density at radius 3 is 2.68 bits per heavy atom. The lowest BCUT2D eigenvalue weighted by atomic mass is 9.93. The normalized spacial score (nSPS) is 21.9. The minimum absolute atomic E-state index is 0.0153. The number of aromatic nitrogens is 4. The molecule has 5 rings (SSSR count). The van der Waals surface area contributed by atoms with E-state index in [1.807, 2.05) is 30.9 Å². The SMILES string of the molecule is CC(=O)c1cnc2cc(N3CCOCC3)nc(OC3CCC(n4ccnc4)CC3)c2c1. The number of hydrogen-bond acceptors (Lipinski definition) is 7. The van der Waals surface area contributed by atoms with Gasteiger partial charge in [-0.15, -0.1) is 0 Å². The lowest BCUT2D eigenvalue weighted by Gasteiger charge is -2.31. The molecule has 0 N–H and O–H groups in total. The number of ketones is 1. The van der Waals surface area contributed by atoms with Crippen LogP contribution in [0.2, 0.25) is 0 Å². The van der Waals surface area contributed by atoms with E-state index in [0.29, 0.717) is 30.7 Å². The van der Waals surface area contributed by atoms with Crippen molar-refractivity contribution in [3.05, 3.63) is 42.6 Å². The van der Waals surface area contributed by atoms with Crippen molar-refractivity contribution in [2.24, 2.45) is 0 Å². The molecule has 0 bridgehead atoms. The zero-order valence-corrected chi connectivity index (χ0v) is 17.7. The molecule has 3 aromatic rings. The third-order valence-electron chi connectivity index (χ3n) is 6.24. The first kappa shape index (κ1) is 19.9. The number of morpholine rings is 1. The van der Waals surface area contributed by atoms with Gasteiger partial charge in [0.25, 0.3) is 0 Å². The highest BCUT2D eigenvalue weighted by atomic mass is 16.5. The van der Waals surface area contributed by atoms with Crippen LogP contribution in [0.3, 0.4) is 0 Å². The average Bonchev–Trinajstić information content (AvgIpc) is 3.35. The van der Waals surface area contributed by atoms with Crippen molar-refractivity contribution >= 4 is 22.5 Å². The smallest absolute Gasteiger partial charge is 0.225 e. The summed E-state index contributed by atoms with van der Waals surface area (Å²) in [4.78, 5) is 27.7.